The van der Waals surface area contributed by atoms with Crippen LogP contribution in [0.1, 0.15) is 6.92 Å². The van der Waals surface area contributed by atoms with E-state index in [9.17, 15) is 0 Å². The summed E-state index contributed by atoms with van der Waals surface area (Å²) < 4.78 is 0. The minimum Gasteiger partial charge on any atom is -0.124 e. The molecule has 0 aromatic carbocycles. The lowest BCUT2D eigenvalue weighted by Crippen LogP contribution is -1.07. The molecule has 7 heavy (non-hydrogen) atoms. The van der Waals surface area contributed by atoms with Crippen LogP contribution in [0.15, 0.2) is 25.8 Å². The van der Waals surface area contributed by atoms with E-state index in [0.29, 0.717) is 0 Å². The molecule has 0 aliphatic rings. The number of rotatable bonds is 0. The zero-order valence-electron chi connectivity index (χ0n) is 4.85. The first kappa shape index (κ1) is 16.6. The second kappa shape index (κ2) is 51400. The van der Waals surface area contributed by atoms with E-state index in [1.54, 1.807) is 6.08 Å². The van der Waals surface area contributed by atoms with Gasteiger partial charge in [0.1, 0.15) is 0 Å². The first-order valence-corrected chi connectivity index (χ1v) is 1.82. The van der Waals surface area contributed by atoms with Crippen LogP contribution in [0, 0.1) is 12.8 Å². The molecule has 0 saturated carbocycles. The third kappa shape index (κ3) is 50.5. The van der Waals surface area contributed by atoms with Crippen LogP contribution in [-0.4, -0.2) is 0 Å². The molecule has 0 rings (SSSR count). The Morgan fingerprint density at radius 1 is 1.29 bits per heavy atom. The van der Waals surface area contributed by atoms with E-state index in [1.165, 1.54) is 0 Å². The number of terminal acetylenes is 1. The lowest BCUT2D eigenvalue weighted by molar-refractivity contribution is 1.80. The standard InChI is InChI=1S/C3H6.C2H4.C2H2/c1-3-2;2*1-2/h3H,1H2,2H3;1-2H2;1-2H. The van der Waals surface area contributed by atoms with Crippen molar-refractivity contribution in [3.8, 4) is 12.8 Å². The predicted molar refractivity (Wildman–Crippen MR) is 37.0 cm³/mol. The van der Waals surface area contributed by atoms with E-state index in [1.807, 2.05) is 6.92 Å². The SMILES string of the molecule is C#C.C=C.C=CC. The molecule has 0 radical (unpaired) electrons. The fraction of sp³-hybridized carbons (Fsp3) is 0.143. The first-order chi connectivity index (χ1) is 3.41. The zero-order chi connectivity index (χ0) is 6.71. The molecule has 0 aliphatic carbocycles. The number of hydrogen-bond acceptors (Lipinski definition) is 0. The Bertz CT molecular complexity index is 32.5. The maximum atomic E-state index is 4.00. The van der Waals surface area contributed by atoms with Gasteiger partial charge in [0.25, 0.3) is 0 Å². The summed E-state index contributed by atoms with van der Waals surface area (Å²) in [6.45, 7) is 11.2. The quantitative estimate of drug-likeness (QED) is 0.320. The van der Waals surface area contributed by atoms with Crippen LogP contribution >= 0.6 is 0 Å². The van der Waals surface area contributed by atoms with Crippen LogP contribution in [0.4, 0.5) is 0 Å². The summed E-state index contributed by atoms with van der Waals surface area (Å²) >= 11 is 0. The van der Waals surface area contributed by atoms with Gasteiger partial charge in [0.15, 0.2) is 0 Å². The van der Waals surface area contributed by atoms with Crippen LogP contribution in [0.5, 0.6) is 0 Å². The normalized spacial score (nSPS) is 2.71. The van der Waals surface area contributed by atoms with Crippen molar-refractivity contribution in [1.82, 2.24) is 0 Å². The molecule has 0 atom stereocenters. The van der Waals surface area contributed by atoms with Crippen molar-refractivity contribution in [2.75, 3.05) is 0 Å². The molecule has 0 aromatic rings. The molecule has 0 heterocycles. The smallest absolute Gasteiger partial charge is 0.0473 e. The Morgan fingerprint density at radius 2 is 1.29 bits per heavy atom. The maximum Gasteiger partial charge on any atom is -0.0473 e. The van der Waals surface area contributed by atoms with E-state index < -0.39 is 0 Å². The summed E-state index contributed by atoms with van der Waals surface area (Å²) in [5, 5.41) is 0. The Morgan fingerprint density at radius 3 is 1.29 bits per heavy atom. The van der Waals surface area contributed by atoms with Crippen LogP contribution < -0.4 is 0 Å². The number of hydrogen-bond donors (Lipinski definition) is 0. The monoisotopic (exact) mass is 96.1 g/mol. The molecule has 0 saturated heterocycles. The van der Waals surface area contributed by atoms with Crippen molar-refractivity contribution < 1.29 is 0 Å². The topological polar surface area (TPSA) is 0 Å². The highest BCUT2D eigenvalue weighted by Gasteiger charge is 1.15. The molecule has 0 spiro atoms. The van der Waals surface area contributed by atoms with E-state index >= 15 is 0 Å². The Balaban J connectivity index is -0.0000000360. The summed E-state index contributed by atoms with van der Waals surface area (Å²) in [6.07, 6.45) is 9.75. The molecule has 0 fully saturated rings. The van der Waals surface area contributed by atoms with Crippen LogP contribution in [0.3, 0.4) is 0 Å². The van der Waals surface area contributed by atoms with Gasteiger partial charge >= 0.3 is 0 Å². The van der Waals surface area contributed by atoms with Gasteiger partial charge in [-0.15, -0.1) is 32.6 Å². The molecule has 0 heteroatoms. The van der Waals surface area contributed by atoms with Gasteiger partial charge in [-0.25, -0.2) is 0 Å². The second-order valence-electron chi connectivity index (χ2n) is 0.408. The van der Waals surface area contributed by atoms with Crippen LogP contribution in [0.25, 0.3) is 0 Å². The van der Waals surface area contributed by atoms with Crippen molar-refractivity contribution in [3.05, 3.63) is 25.8 Å². The van der Waals surface area contributed by atoms with Gasteiger partial charge in [0.05, 0.1) is 0 Å². The van der Waals surface area contributed by atoms with Gasteiger partial charge in [-0.05, 0) is 6.92 Å². The highest BCUT2D eigenvalue weighted by molar-refractivity contribution is 4.51. The Kier molecular flexibility index (Phi) is 122000. The van der Waals surface area contributed by atoms with Gasteiger partial charge in [0, 0.05) is 0 Å². The largest absolute Gasteiger partial charge is 0.124 e. The Hall–Kier alpha value is -0.960. The first-order valence-electron chi connectivity index (χ1n) is 1.82. The number of allylic oxidation sites excluding steroid dienone is 1. The molecule has 0 bridgehead atoms. The van der Waals surface area contributed by atoms with E-state index in [4.69, 9.17) is 0 Å². The lowest BCUT2D eigenvalue weighted by Gasteiger charge is -1.31. The van der Waals surface area contributed by atoms with Crippen LogP contribution in [-0.2, 0) is 0 Å². The van der Waals surface area contributed by atoms with Crippen molar-refractivity contribution in [1.29, 1.82) is 0 Å². The molecule has 0 aliphatic heterocycles. The van der Waals surface area contributed by atoms with E-state index in [-0.39, 0.29) is 0 Å². The fourth-order valence-electron chi connectivity index (χ4n) is 0. The van der Waals surface area contributed by atoms with Crippen molar-refractivity contribution in [3.63, 3.8) is 0 Å². The van der Waals surface area contributed by atoms with Gasteiger partial charge in [0.2, 0.25) is 0 Å². The minimum absolute atomic E-state index is 1.75. The Labute approximate surface area is 46.6 Å². The average molecular weight is 96.2 g/mol. The molecule has 0 aromatic heterocycles. The zero-order valence-corrected chi connectivity index (χ0v) is 4.85. The second-order valence-corrected chi connectivity index (χ2v) is 0.408. The van der Waals surface area contributed by atoms with Crippen molar-refractivity contribution in [2.24, 2.45) is 0 Å². The molecule has 0 amide bonds. The van der Waals surface area contributed by atoms with Gasteiger partial charge in [-0.1, -0.05) is 6.08 Å². The molecular weight excluding hydrogens is 84.1 g/mol. The minimum atomic E-state index is 1.75. The summed E-state index contributed by atoms with van der Waals surface area (Å²) in [7, 11) is 0. The maximum absolute atomic E-state index is 4.00. The summed E-state index contributed by atoms with van der Waals surface area (Å²) in [5.74, 6) is 0. The molecular formula is C7H12. The highest BCUT2D eigenvalue weighted by atomic mass is 13.2. The predicted octanol–water partition coefficient (Wildman–Crippen LogP) is 2.24. The van der Waals surface area contributed by atoms with Crippen LogP contribution in [0.2, 0.25) is 0 Å². The molecule has 0 nitrogen and oxygen atoms in total. The summed E-state index contributed by atoms with van der Waals surface area (Å²) in [5.41, 5.74) is 0. The fourth-order valence-corrected chi connectivity index (χ4v) is 0. The van der Waals surface area contributed by atoms with Gasteiger partial charge in [-0.2, -0.15) is 0 Å². The van der Waals surface area contributed by atoms with E-state index in [0.717, 1.165) is 0 Å². The average Bonchev–Trinajstić information content (AvgIpc) is 1.78. The highest BCUT2D eigenvalue weighted by Crippen LogP contribution is 1.38. The van der Waals surface area contributed by atoms with Gasteiger partial charge < -0.3 is 0 Å². The molecule has 0 unspecified atom stereocenters. The summed E-state index contributed by atoms with van der Waals surface area (Å²) in [4.78, 5) is 0. The molecule has 0 N–H and O–H groups in total. The third-order valence-corrected chi connectivity index (χ3v) is 0. The van der Waals surface area contributed by atoms with E-state index in [2.05, 4.69) is 32.6 Å². The van der Waals surface area contributed by atoms with Crippen molar-refractivity contribution in [2.45, 2.75) is 6.92 Å². The summed E-state index contributed by atoms with van der Waals surface area (Å²) in [6, 6.07) is 0. The molecule has 40 valence electrons. The third-order valence-electron chi connectivity index (χ3n) is 0. The van der Waals surface area contributed by atoms with Crippen molar-refractivity contribution >= 4 is 0 Å². The lowest BCUT2D eigenvalue weighted by atomic mass is 10.8. The van der Waals surface area contributed by atoms with Gasteiger partial charge in [-0.3, -0.25) is 0 Å².